The lowest BCUT2D eigenvalue weighted by molar-refractivity contribution is 0.482. The van der Waals surface area contributed by atoms with Crippen molar-refractivity contribution in [3.8, 4) is 17.2 Å². The normalized spacial score (nSPS) is 12.1. The summed E-state index contributed by atoms with van der Waals surface area (Å²) in [6.45, 7) is 1.94. The van der Waals surface area contributed by atoms with E-state index in [1.54, 1.807) is 12.5 Å². The molecule has 0 spiro atoms. The molecule has 0 aliphatic carbocycles. The molecule has 1 heterocycles. The van der Waals surface area contributed by atoms with Crippen molar-refractivity contribution in [1.82, 2.24) is 9.55 Å². The highest BCUT2D eigenvalue weighted by Crippen LogP contribution is 2.24. The lowest BCUT2D eigenvalue weighted by atomic mass is 10.2. The molecule has 4 heteroatoms. The summed E-state index contributed by atoms with van der Waals surface area (Å²) in [7, 11) is 0. The zero-order valence-corrected chi connectivity index (χ0v) is 11.8. The second-order valence-electron chi connectivity index (χ2n) is 4.89. The van der Waals surface area contributed by atoms with Crippen LogP contribution in [0.25, 0.3) is 5.69 Å². The Labute approximate surface area is 123 Å². The molecule has 0 saturated carbocycles. The van der Waals surface area contributed by atoms with Crippen molar-refractivity contribution in [3.63, 3.8) is 0 Å². The van der Waals surface area contributed by atoms with Crippen LogP contribution in [0.2, 0.25) is 0 Å². The van der Waals surface area contributed by atoms with Gasteiger partial charge in [0.15, 0.2) is 0 Å². The van der Waals surface area contributed by atoms with Gasteiger partial charge in [0, 0.05) is 12.1 Å². The van der Waals surface area contributed by atoms with Crippen LogP contribution in [0.1, 0.15) is 18.7 Å². The van der Waals surface area contributed by atoms with E-state index >= 15 is 0 Å². The summed E-state index contributed by atoms with van der Waals surface area (Å²) >= 11 is 0. The number of para-hydroxylation sites is 1. The summed E-state index contributed by atoms with van der Waals surface area (Å²) in [5.41, 5.74) is 7.91. The van der Waals surface area contributed by atoms with Gasteiger partial charge in [-0.2, -0.15) is 0 Å². The van der Waals surface area contributed by atoms with Crippen LogP contribution in [0, 0.1) is 0 Å². The number of rotatable bonds is 4. The SMILES string of the molecule is C[C@@H](N)c1cncn1-c1cccc(Oc2ccccc2)c1. The number of aromatic nitrogens is 2. The molecule has 3 aromatic rings. The third-order valence-corrected chi connectivity index (χ3v) is 3.21. The van der Waals surface area contributed by atoms with Crippen molar-refractivity contribution in [1.29, 1.82) is 0 Å². The Morgan fingerprint density at radius 2 is 1.81 bits per heavy atom. The average molecular weight is 279 g/mol. The molecule has 0 aliphatic heterocycles. The number of ether oxygens (including phenoxy) is 1. The Balaban J connectivity index is 1.91. The Morgan fingerprint density at radius 1 is 1.05 bits per heavy atom. The zero-order valence-electron chi connectivity index (χ0n) is 11.8. The van der Waals surface area contributed by atoms with Crippen LogP contribution in [0.3, 0.4) is 0 Å². The first-order valence-electron chi connectivity index (χ1n) is 6.85. The first-order chi connectivity index (χ1) is 10.2. The summed E-state index contributed by atoms with van der Waals surface area (Å²) in [6.07, 6.45) is 3.55. The molecule has 0 saturated heterocycles. The second kappa shape index (κ2) is 5.81. The van der Waals surface area contributed by atoms with Gasteiger partial charge < -0.3 is 15.0 Å². The third-order valence-electron chi connectivity index (χ3n) is 3.21. The number of nitrogens with zero attached hydrogens (tertiary/aromatic N) is 2. The zero-order chi connectivity index (χ0) is 14.7. The number of benzene rings is 2. The summed E-state index contributed by atoms with van der Waals surface area (Å²) in [6, 6.07) is 17.5. The third kappa shape index (κ3) is 2.95. The molecule has 0 radical (unpaired) electrons. The molecule has 3 rings (SSSR count). The topological polar surface area (TPSA) is 53.1 Å². The van der Waals surface area contributed by atoms with Crippen molar-refractivity contribution in [2.45, 2.75) is 13.0 Å². The van der Waals surface area contributed by atoms with Gasteiger partial charge in [-0.1, -0.05) is 24.3 Å². The van der Waals surface area contributed by atoms with Crippen LogP contribution in [-0.4, -0.2) is 9.55 Å². The summed E-state index contributed by atoms with van der Waals surface area (Å²) < 4.78 is 7.83. The Bertz CT molecular complexity index is 720. The molecular weight excluding hydrogens is 262 g/mol. The smallest absolute Gasteiger partial charge is 0.129 e. The molecule has 0 aliphatic rings. The average Bonchev–Trinajstić information content (AvgIpc) is 2.98. The largest absolute Gasteiger partial charge is 0.457 e. The molecule has 1 atom stereocenters. The highest BCUT2D eigenvalue weighted by atomic mass is 16.5. The van der Waals surface area contributed by atoms with Gasteiger partial charge in [0.05, 0.1) is 23.9 Å². The van der Waals surface area contributed by atoms with Gasteiger partial charge in [-0.25, -0.2) is 4.98 Å². The van der Waals surface area contributed by atoms with Crippen molar-refractivity contribution < 1.29 is 4.74 Å². The monoisotopic (exact) mass is 279 g/mol. The van der Waals surface area contributed by atoms with Crippen LogP contribution in [0.15, 0.2) is 67.1 Å². The van der Waals surface area contributed by atoms with E-state index in [4.69, 9.17) is 10.5 Å². The molecule has 0 amide bonds. The van der Waals surface area contributed by atoms with Crippen LogP contribution in [0.5, 0.6) is 11.5 Å². The maximum atomic E-state index is 5.97. The maximum absolute atomic E-state index is 5.97. The fraction of sp³-hybridized carbons (Fsp3) is 0.118. The first-order valence-corrected chi connectivity index (χ1v) is 6.85. The van der Waals surface area contributed by atoms with Gasteiger partial charge >= 0.3 is 0 Å². The van der Waals surface area contributed by atoms with E-state index in [1.165, 1.54) is 0 Å². The number of hydrogen-bond donors (Lipinski definition) is 1. The Morgan fingerprint density at radius 3 is 2.57 bits per heavy atom. The number of nitrogens with two attached hydrogens (primary N) is 1. The minimum Gasteiger partial charge on any atom is -0.457 e. The summed E-state index contributed by atoms with van der Waals surface area (Å²) in [5.74, 6) is 1.59. The van der Waals surface area contributed by atoms with Crippen LogP contribution >= 0.6 is 0 Å². The predicted molar refractivity (Wildman–Crippen MR) is 82.7 cm³/mol. The Hall–Kier alpha value is -2.59. The van der Waals surface area contributed by atoms with Crippen LogP contribution < -0.4 is 10.5 Å². The van der Waals surface area contributed by atoms with Gasteiger partial charge in [-0.15, -0.1) is 0 Å². The molecule has 106 valence electrons. The minimum atomic E-state index is -0.0776. The quantitative estimate of drug-likeness (QED) is 0.792. The van der Waals surface area contributed by atoms with Gasteiger partial charge in [0.2, 0.25) is 0 Å². The number of imidazole rings is 1. The Kier molecular flexibility index (Phi) is 3.71. The van der Waals surface area contributed by atoms with E-state index < -0.39 is 0 Å². The van der Waals surface area contributed by atoms with Crippen molar-refractivity contribution in [3.05, 3.63) is 72.8 Å². The van der Waals surface area contributed by atoms with E-state index in [0.29, 0.717) is 0 Å². The van der Waals surface area contributed by atoms with Crippen molar-refractivity contribution in [2.75, 3.05) is 0 Å². The van der Waals surface area contributed by atoms with E-state index in [1.807, 2.05) is 66.1 Å². The van der Waals surface area contributed by atoms with Crippen molar-refractivity contribution in [2.24, 2.45) is 5.73 Å². The van der Waals surface area contributed by atoms with Gasteiger partial charge in [0.25, 0.3) is 0 Å². The van der Waals surface area contributed by atoms with Gasteiger partial charge in [0.1, 0.15) is 11.5 Å². The fourth-order valence-electron chi connectivity index (χ4n) is 2.18. The predicted octanol–water partition coefficient (Wildman–Crippen LogP) is 3.68. The highest BCUT2D eigenvalue weighted by Gasteiger charge is 2.09. The molecule has 0 unspecified atom stereocenters. The first kappa shape index (κ1) is 13.4. The highest BCUT2D eigenvalue weighted by molar-refractivity contribution is 5.42. The minimum absolute atomic E-state index is 0.0776. The van der Waals surface area contributed by atoms with E-state index in [2.05, 4.69) is 4.98 Å². The van der Waals surface area contributed by atoms with Crippen molar-refractivity contribution >= 4 is 0 Å². The molecule has 4 nitrogen and oxygen atoms in total. The van der Waals surface area contributed by atoms with E-state index in [-0.39, 0.29) is 6.04 Å². The summed E-state index contributed by atoms with van der Waals surface area (Å²) in [4.78, 5) is 4.18. The van der Waals surface area contributed by atoms with Gasteiger partial charge in [-0.3, -0.25) is 0 Å². The van der Waals surface area contributed by atoms with Crippen LogP contribution in [-0.2, 0) is 0 Å². The molecule has 2 aromatic carbocycles. The number of hydrogen-bond acceptors (Lipinski definition) is 3. The van der Waals surface area contributed by atoms with Crippen LogP contribution in [0.4, 0.5) is 0 Å². The lowest BCUT2D eigenvalue weighted by Gasteiger charge is -2.12. The summed E-state index contributed by atoms with van der Waals surface area (Å²) in [5, 5.41) is 0. The second-order valence-corrected chi connectivity index (χ2v) is 4.89. The van der Waals surface area contributed by atoms with E-state index in [0.717, 1.165) is 22.9 Å². The van der Waals surface area contributed by atoms with Gasteiger partial charge in [-0.05, 0) is 31.2 Å². The molecule has 2 N–H and O–H groups in total. The molecular formula is C17H17N3O. The maximum Gasteiger partial charge on any atom is 0.129 e. The molecule has 0 fully saturated rings. The molecule has 21 heavy (non-hydrogen) atoms. The lowest BCUT2D eigenvalue weighted by Crippen LogP contribution is -2.10. The standard InChI is InChI=1S/C17H17N3O/c1-13(18)17-11-19-12-20(17)14-6-5-9-16(10-14)21-15-7-3-2-4-8-15/h2-13H,18H2,1H3/t13-/m1/s1. The molecule has 0 bridgehead atoms. The fourth-order valence-corrected chi connectivity index (χ4v) is 2.18. The van der Waals surface area contributed by atoms with E-state index in [9.17, 15) is 0 Å². The molecule has 1 aromatic heterocycles.